The summed E-state index contributed by atoms with van der Waals surface area (Å²) in [5, 5.41) is 11.9. The topological polar surface area (TPSA) is 95.9 Å². The van der Waals surface area contributed by atoms with Crippen molar-refractivity contribution in [3.63, 3.8) is 0 Å². The van der Waals surface area contributed by atoms with Gasteiger partial charge in [-0.15, -0.1) is 11.8 Å². The maximum absolute atomic E-state index is 12.9. The van der Waals surface area contributed by atoms with Crippen LogP contribution in [0.1, 0.15) is 34.3 Å². The molecule has 0 radical (unpaired) electrons. The molecular formula is C27H24N2O5S. The Morgan fingerprint density at radius 1 is 0.971 bits per heavy atom. The van der Waals surface area contributed by atoms with Crippen LogP contribution in [0.15, 0.2) is 72.8 Å². The maximum atomic E-state index is 12.9. The molecule has 3 aromatic carbocycles. The van der Waals surface area contributed by atoms with Crippen LogP contribution in [-0.4, -0.2) is 51.8 Å². The number of carboxylic acid groups (broad SMARTS) is 1. The molecule has 2 unspecified atom stereocenters. The fraction of sp³-hybridized carbons (Fsp3) is 0.222. The first-order valence-corrected chi connectivity index (χ1v) is 12.4. The minimum absolute atomic E-state index is 0.0318. The molecule has 35 heavy (non-hydrogen) atoms. The Hall–Kier alpha value is -3.78. The number of benzene rings is 3. The van der Waals surface area contributed by atoms with Crippen molar-refractivity contribution < 1.29 is 24.2 Å². The van der Waals surface area contributed by atoms with Gasteiger partial charge in [-0.2, -0.15) is 0 Å². The van der Waals surface area contributed by atoms with Gasteiger partial charge in [-0.1, -0.05) is 48.5 Å². The van der Waals surface area contributed by atoms with Gasteiger partial charge in [-0.05, 0) is 53.4 Å². The van der Waals surface area contributed by atoms with E-state index in [4.69, 9.17) is 4.74 Å². The Bertz CT molecular complexity index is 1250. The second-order valence-corrected chi connectivity index (χ2v) is 9.88. The van der Waals surface area contributed by atoms with E-state index in [0.717, 1.165) is 22.3 Å². The summed E-state index contributed by atoms with van der Waals surface area (Å²) < 4.78 is 5.56. The monoisotopic (exact) mass is 488 g/mol. The molecular weight excluding hydrogens is 464 g/mol. The largest absolute Gasteiger partial charge is 0.480 e. The molecule has 1 fully saturated rings. The Labute approximate surface area is 207 Å². The Balaban J connectivity index is 1.22. The number of carboxylic acids is 1. The predicted molar refractivity (Wildman–Crippen MR) is 135 cm³/mol. The third-order valence-electron chi connectivity index (χ3n) is 6.46. The molecule has 1 aliphatic heterocycles. The Morgan fingerprint density at radius 2 is 1.57 bits per heavy atom. The van der Waals surface area contributed by atoms with Gasteiger partial charge in [0, 0.05) is 22.9 Å². The summed E-state index contributed by atoms with van der Waals surface area (Å²) in [5.74, 6) is -1.02. The molecule has 0 bridgehead atoms. The number of aliphatic carboxylic acids is 1. The lowest BCUT2D eigenvalue weighted by Gasteiger charge is -2.25. The van der Waals surface area contributed by atoms with Gasteiger partial charge in [0.1, 0.15) is 12.6 Å². The van der Waals surface area contributed by atoms with Gasteiger partial charge in [0.15, 0.2) is 0 Å². The van der Waals surface area contributed by atoms with Crippen LogP contribution >= 0.6 is 11.8 Å². The second kappa shape index (κ2) is 9.46. The van der Waals surface area contributed by atoms with Crippen molar-refractivity contribution in [2.24, 2.45) is 0 Å². The summed E-state index contributed by atoms with van der Waals surface area (Å²) in [6, 6.07) is 21.8. The number of nitrogens with zero attached hydrogens (tertiary/aromatic N) is 1. The molecule has 2 atom stereocenters. The van der Waals surface area contributed by atoms with Crippen molar-refractivity contribution in [3.8, 4) is 11.1 Å². The van der Waals surface area contributed by atoms with Crippen LogP contribution in [0.4, 0.5) is 10.5 Å². The number of carbonyl (C=O) groups excluding carboxylic acids is 2. The van der Waals surface area contributed by atoms with E-state index in [9.17, 15) is 19.5 Å². The van der Waals surface area contributed by atoms with E-state index in [2.05, 4.69) is 29.6 Å². The molecule has 0 aromatic heterocycles. The summed E-state index contributed by atoms with van der Waals surface area (Å²) in [5.41, 5.74) is 5.44. The third-order valence-corrected chi connectivity index (χ3v) is 7.68. The minimum atomic E-state index is -1.01. The highest BCUT2D eigenvalue weighted by molar-refractivity contribution is 8.00. The molecule has 5 rings (SSSR count). The van der Waals surface area contributed by atoms with Gasteiger partial charge in [-0.3, -0.25) is 10.1 Å². The number of hydrogen-bond acceptors (Lipinski definition) is 5. The molecule has 0 saturated carbocycles. The first-order valence-electron chi connectivity index (χ1n) is 11.3. The van der Waals surface area contributed by atoms with E-state index in [-0.39, 0.29) is 23.8 Å². The van der Waals surface area contributed by atoms with Crippen LogP contribution in [0.2, 0.25) is 0 Å². The molecule has 1 heterocycles. The smallest absolute Gasteiger partial charge is 0.411 e. The average molecular weight is 489 g/mol. The summed E-state index contributed by atoms with van der Waals surface area (Å²) in [6.45, 7) is 2.02. The Kier molecular flexibility index (Phi) is 6.21. The quantitative estimate of drug-likeness (QED) is 0.523. The number of amides is 2. The lowest BCUT2D eigenvalue weighted by molar-refractivity contribution is -0.141. The van der Waals surface area contributed by atoms with Gasteiger partial charge in [0.2, 0.25) is 0 Å². The minimum Gasteiger partial charge on any atom is -0.480 e. The van der Waals surface area contributed by atoms with Crippen LogP contribution in [-0.2, 0) is 9.53 Å². The van der Waals surface area contributed by atoms with Crippen LogP contribution in [0.25, 0.3) is 11.1 Å². The number of ether oxygens (including phenoxy) is 1. The Morgan fingerprint density at radius 3 is 2.17 bits per heavy atom. The molecule has 1 aliphatic carbocycles. The van der Waals surface area contributed by atoms with Crippen LogP contribution in [0, 0.1) is 0 Å². The van der Waals surface area contributed by atoms with Gasteiger partial charge in [0.05, 0.1) is 5.37 Å². The van der Waals surface area contributed by atoms with Crippen molar-refractivity contribution in [1.29, 1.82) is 0 Å². The predicted octanol–water partition coefficient (Wildman–Crippen LogP) is 5.04. The van der Waals surface area contributed by atoms with Gasteiger partial charge < -0.3 is 14.7 Å². The maximum Gasteiger partial charge on any atom is 0.411 e. The summed E-state index contributed by atoms with van der Waals surface area (Å²) >= 11 is 1.43. The number of carbonyl (C=O) groups is 3. The standard InChI is InChI=1S/C27H24N2O5S/c1-16-29(24(15-35-16)26(31)32)25(30)17-10-12-18(13-11-17)28-27(33)34-14-23-21-8-4-2-6-19(21)20-7-3-5-9-22(20)23/h2-13,16,23-24H,14-15H2,1H3,(H,28,33)(H,31,32). The number of nitrogens with one attached hydrogen (secondary N) is 1. The van der Waals surface area contributed by atoms with E-state index in [1.54, 1.807) is 24.3 Å². The zero-order valence-electron chi connectivity index (χ0n) is 19.0. The second-order valence-electron chi connectivity index (χ2n) is 8.53. The molecule has 0 spiro atoms. The molecule has 8 heteroatoms. The van der Waals surface area contributed by atoms with Crippen molar-refractivity contribution in [3.05, 3.63) is 89.5 Å². The molecule has 3 aromatic rings. The lowest BCUT2D eigenvalue weighted by atomic mass is 9.98. The van der Waals surface area contributed by atoms with E-state index in [1.165, 1.54) is 16.7 Å². The number of thioether (sulfide) groups is 1. The van der Waals surface area contributed by atoms with Crippen molar-refractivity contribution >= 4 is 35.4 Å². The van der Waals surface area contributed by atoms with Crippen molar-refractivity contribution in [2.75, 3.05) is 17.7 Å². The van der Waals surface area contributed by atoms with Gasteiger partial charge in [-0.25, -0.2) is 9.59 Å². The fourth-order valence-corrected chi connectivity index (χ4v) is 5.91. The zero-order chi connectivity index (χ0) is 24.5. The van der Waals surface area contributed by atoms with Crippen molar-refractivity contribution in [1.82, 2.24) is 4.90 Å². The number of rotatable bonds is 5. The van der Waals surface area contributed by atoms with Gasteiger partial charge in [0.25, 0.3) is 5.91 Å². The van der Waals surface area contributed by atoms with Crippen molar-refractivity contribution in [2.45, 2.75) is 24.3 Å². The first kappa shape index (κ1) is 23.0. The number of fused-ring (bicyclic) bond motifs is 3. The van der Waals surface area contributed by atoms with E-state index >= 15 is 0 Å². The number of hydrogen-bond donors (Lipinski definition) is 2. The molecule has 2 aliphatic rings. The average Bonchev–Trinajstić information content (AvgIpc) is 3.41. The number of anilines is 1. The summed E-state index contributed by atoms with van der Waals surface area (Å²) in [7, 11) is 0. The van der Waals surface area contributed by atoms with E-state index in [0.29, 0.717) is 17.0 Å². The van der Waals surface area contributed by atoms with Gasteiger partial charge >= 0.3 is 12.1 Å². The highest BCUT2D eigenvalue weighted by Gasteiger charge is 2.39. The SMILES string of the molecule is CC1SCC(C(=O)O)N1C(=O)c1ccc(NC(=O)OCC2c3ccccc3-c3ccccc32)cc1. The summed E-state index contributed by atoms with van der Waals surface area (Å²) in [6.07, 6.45) is -0.582. The summed E-state index contributed by atoms with van der Waals surface area (Å²) in [4.78, 5) is 38.3. The molecule has 1 saturated heterocycles. The highest BCUT2D eigenvalue weighted by Crippen LogP contribution is 2.44. The van der Waals surface area contributed by atoms with E-state index < -0.39 is 18.1 Å². The van der Waals surface area contributed by atoms with Crippen LogP contribution in [0.5, 0.6) is 0 Å². The van der Waals surface area contributed by atoms with E-state index in [1.807, 2.05) is 31.2 Å². The molecule has 178 valence electrons. The van der Waals surface area contributed by atoms with Crippen LogP contribution in [0.3, 0.4) is 0 Å². The fourth-order valence-electron chi connectivity index (χ4n) is 4.74. The highest BCUT2D eigenvalue weighted by atomic mass is 32.2. The molecule has 2 N–H and O–H groups in total. The lowest BCUT2D eigenvalue weighted by Crippen LogP contribution is -2.44. The molecule has 7 nitrogen and oxygen atoms in total. The first-order chi connectivity index (χ1) is 16.9. The zero-order valence-corrected chi connectivity index (χ0v) is 19.8. The molecule has 2 amide bonds. The van der Waals surface area contributed by atoms with Crippen LogP contribution < -0.4 is 5.32 Å². The third kappa shape index (κ3) is 4.37. The normalized spacial score (nSPS) is 18.6.